The first-order valence-electron chi connectivity index (χ1n) is 13.0. The van der Waals surface area contributed by atoms with E-state index in [0.29, 0.717) is 43.6 Å². The highest BCUT2D eigenvalue weighted by Crippen LogP contribution is 2.59. The number of carbonyl (C=O) groups excluding carboxylic acids is 2. The van der Waals surface area contributed by atoms with E-state index in [1.165, 1.54) is 15.9 Å². The van der Waals surface area contributed by atoms with Crippen LogP contribution in [0.3, 0.4) is 0 Å². The van der Waals surface area contributed by atoms with Gasteiger partial charge in [-0.25, -0.2) is 4.79 Å². The second kappa shape index (κ2) is 11.1. The zero-order chi connectivity index (χ0) is 28.5. The minimum Gasteiger partial charge on any atom is -0.494 e. The van der Waals surface area contributed by atoms with Crippen molar-refractivity contribution in [2.45, 2.75) is 89.2 Å². The Morgan fingerprint density at radius 1 is 1.03 bits per heavy atom. The van der Waals surface area contributed by atoms with E-state index in [4.69, 9.17) is 4.74 Å². The molecule has 3 aliphatic rings. The van der Waals surface area contributed by atoms with Gasteiger partial charge in [-0.2, -0.15) is 26.3 Å². The molecule has 38 heavy (non-hydrogen) atoms. The van der Waals surface area contributed by atoms with Crippen molar-refractivity contribution in [1.82, 2.24) is 9.80 Å². The van der Waals surface area contributed by atoms with Gasteiger partial charge in [0.2, 0.25) is 0 Å². The number of ether oxygens (including phenoxy) is 2. The van der Waals surface area contributed by atoms with Crippen LogP contribution in [-0.2, 0) is 14.3 Å². The zero-order valence-electron chi connectivity index (χ0n) is 22.2. The molecule has 2 saturated heterocycles. The van der Waals surface area contributed by atoms with Gasteiger partial charge in [0, 0.05) is 25.4 Å². The molecule has 0 aromatic carbocycles. The van der Waals surface area contributed by atoms with Gasteiger partial charge in [-0.05, 0) is 44.8 Å². The van der Waals surface area contributed by atoms with E-state index in [1.807, 2.05) is 0 Å². The van der Waals surface area contributed by atoms with Crippen molar-refractivity contribution >= 4 is 11.9 Å². The first-order chi connectivity index (χ1) is 17.6. The van der Waals surface area contributed by atoms with Gasteiger partial charge in [-0.1, -0.05) is 38.7 Å². The number of unbranched alkanes of at least 4 members (excludes halogenated alkanes) is 4. The lowest BCUT2D eigenvalue weighted by atomic mass is 9.73. The van der Waals surface area contributed by atoms with Crippen LogP contribution in [0.1, 0.15) is 65.7 Å². The van der Waals surface area contributed by atoms with Gasteiger partial charge < -0.3 is 14.4 Å². The van der Waals surface area contributed by atoms with Gasteiger partial charge >= 0.3 is 18.4 Å². The van der Waals surface area contributed by atoms with E-state index in [0.717, 1.165) is 25.3 Å². The van der Waals surface area contributed by atoms with Crippen molar-refractivity contribution in [2.24, 2.45) is 11.8 Å². The number of nitrogens with zero attached hydrogens (tertiary/aromatic N) is 2. The molecule has 216 valence electrons. The van der Waals surface area contributed by atoms with Crippen molar-refractivity contribution in [1.29, 1.82) is 0 Å². The molecular weight excluding hydrogens is 518 g/mol. The minimum absolute atomic E-state index is 0.215. The maximum Gasteiger partial charge on any atom is 0.427 e. The van der Waals surface area contributed by atoms with Crippen LogP contribution in [0.15, 0.2) is 23.5 Å². The highest BCUT2D eigenvalue weighted by atomic mass is 19.4. The number of hydrogen-bond acceptors (Lipinski definition) is 4. The number of hydrogen-bond donors (Lipinski definition) is 0. The van der Waals surface area contributed by atoms with E-state index >= 15 is 0 Å². The van der Waals surface area contributed by atoms with Crippen molar-refractivity contribution in [3.8, 4) is 0 Å². The molecule has 2 heterocycles. The fourth-order valence-electron chi connectivity index (χ4n) is 5.46. The summed E-state index contributed by atoms with van der Waals surface area (Å²) in [6.45, 7) is 5.17. The number of carbonyl (C=O) groups is 2. The summed E-state index contributed by atoms with van der Waals surface area (Å²) in [5.41, 5.74) is -4.64. The van der Waals surface area contributed by atoms with Crippen LogP contribution >= 0.6 is 0 Å². The predicted molar refractivity (Wildman–Crippen MR) is 127 cm³/mol. The molecule has 3 rings (SSSR count). The Morgan fingerprint density at radius 2 is 1.63 bits per heavy atom. The number of allylic oxidation sites excluding steroid dienone is 1. The number of halogens is 6. The van der Waals surface area contributed by atoms with Gasteiger partial charge in [0.25, 0.3) is 11.5 Å². The molecule has 12 heteroatoms. The third-order valence-corrected chi connectivity index (χ3v) is 7.88. The average molecular weight is 555 g/mol. The third-order valence-electron chi connectivity index (χ3n) is 7.88. The Kier molecular flexibility index (Phi) is 8.85. The standard InChI is InChI=1S/C26H36F6N2O4/c1-5-11-17-18-16-38-24(25(27,28)29,26(30,31)32)19(18)12-13-20(17)37-15-10-8-6-7-9-14-34-21(35)23(2,3)33(4)22(34)36/h12-13,18-19H,5-11,14-16H2,1-4H3. The molecule has 1 aliphatic carbocycles. The second-order valence-corrected chi connectivity index (χ2v) is 10.6. The Balaban J connectivity index is 1.49. The van der Waals surface area contributed by atoms with Crippen LogP contribution in [-0.4, -0.2) is 72.0 Å². The summed E-state index contributed by atoms with van der Waals surface area (Å²) >= 11 is 0. The molecule has 0 saturated carbocycles. The Hall–Kier alpha value is -2.24. The van der Waals surface area contributed by atoms with Crippen molar-refractivity contribution < 1.29 is 45.4 Å². The SMILES string of the molecule is CCCC1=C(OCCCCCCCN2C(=O)N(C)C(C)(C)C2=O)C=CC2C1COC2(C(F)(F)F)C(F)(F)F. The topological polar surface area (TPSA) is 59.1 Å². The summed E-state index contributed by atoms with van der Waals surface area (Å²) < 4.78 is 92.5. The van der Waals surface area contributed by atoms with Crippen LogP contribution in [0, 0.1) is 11.8 Å². The number of rotatable bonds is 11. The quantitative estimate of drug-likeness (QED) is 0.169. The molecule has 2 atom stereocenters. The first kappa shape index (κ1) is 30.3. The molecule has 0 spiro atoms. The fourth-order valence-corrected chi connectivity index (χ4v) is 5.46. The number of amides is 3. The van der Waals surface area contributed by atoms with Crippen molar-refractivity contribution in [3.63, 3.8) is 0 Å². The van der Waals surface area contributed by atoms with E-state index in [9.17, 15) is 35.9 Å². The Labute approximate surface area is 219 Å². The van der Waals surface area contributed by atoms with Crippen LogP contribution in [0.4, 0.5) is 31.1 Å². The first-order valence-corrected chi connectivity index (χ1v) is 13.0. The molecule has 2 fully saturated rings. The summed E-state index contributed by atoms with van der Waals surface area (Å²) in [6.07, 6.45) is -4.46. The monoisotopic (exact) mass is 554 g/mol. The van der Waals surface area contributed by atoms with E-state index in [2.05, 4.69) is 4.74 Å². The lowest BCUT2D eigenvalue weighted by Crippen LogP contribution is -2.60. The van der Waals surface area contributed by atoms with Crippen LogP contribution in [0.25, 0.3) is 0 Å². The Morgan fingerprint density at radius 3 is 2.18 bits per heavy atom. The fraction of sp³-hybridized carbons (Fsp3) is 0.769. The molecule has 0 bridgehead atoms. The average Bonchev–Trinajstić information content (AvgIpc) is 3.29. The smallest absolute Gasteiger partial charge is 0.427 e. The molecule has 2 unspecified atom stereocenters. The molecule has 6 nitrogen and oxygen atoms in total. The largest absolute Gasteiger partial charge is 0.494 e. The second-order valence-electron chi connectivity index (χ2n) is 10.6. The molecule has 0 N–H and O–H groups in total. The van der Waals surface area contributed by atoms with Crippen LogP contribution in [0.5, 0.6) is 0 Å². The summed E-state index contributed by atoms with van der Waals surface area (Å²) in [5, 5.41) is 0. The molecule has 3 amide bonds. The Bertz CT molecular complexity index is 942. The molecular formula is C26H36F6N2O4. The third kappa shape index (κ3) is 5.29. The van der Waals surface area contributed by atoms with Crippen molar-refractivity contribution in [2.75, 3.05) is 26.8 Å². The number of imide groups is 1. The normalized spacial score (nSPS) is 25.0. The van der Waals surface area contributed by atoms with Crippen molar-refractivity contribution in [3.05, 3.63) is 23.5 Å². The van der Waals surface area contributed by atoms with Gasteiger partial charge in [0.1, 0.15) is 11.3 Å². The number of fused-ring (bicyclic) bond motifs is 1. The predicted octanol–water partition coefficient (Wildman–Crippen LogP) is 6.38. The van der Waals surface area contributed by atoms with E-state index < -0.39 is 41.9 Å². The van der Waals surface area contributed by atoms with Crippen LogP contribution < -0.4 is 0 Å². The van der Waals surface area contributed by atoms with E-state index in [-0.39, 0.29) is 18.5 Å². The highest BCUT2D eigenvalue weighted by molar-refractivity contribution is 6.06. The van der Waals surface area contributed by atoms with Gasteiger partial charge in [-0.15, -0.1) is 0 Å². The number of urea groups is 1. The summed E-state index contributed by atoms with van der Waals surface area (Å²) in [5.74, 6) is -2.84. The van der Waals surface area contributed by atoms with Crippen LogP contribution in [0.2, 0.25) is 0 Å². The summed E-state index contributed by atoms with van der Waals surface area (Å²) in [4.78, 5) is 27.3. The van der Waals surface area contributed by atoms with E-state index in [1.54, 1.807) is 27.8 Å². The summed E-state index contributed by atoms with van der Waals surface area (Å²) in [7, 11) is 1.60. The lowest BCUT2D eigenvalue weighted by molar-refractivity contribution is -0.376. The maximum atomic E-state index is 13.7. The number of likely N-dealkylation sites (N-methyl/N-ethyl adjacent to an activating group) is 1. The summed E-state index contributed by atoms with van der Waals surface area (Å²) in [6, 6.07) is -0.303. The maximum absolute atomic E-state index is 13.7. The molecule has 2 aliphatic heterocycles. The number of alkyl halides is 6. The van der Waals surface area contributed by atoms with Gasteiger partial charge in [0.15, 0.2) is 0 Å². The zero-order valence-corrected chi connectivity index (χ0v) is 22.2. The molecule has 0 aromatic heterocycles. The lowest BCUT2D eigenvalue weighted by Gasteiger charge is -2.38. The molecule has 0 aromatic rings. The van der Waals surface area contributed by atoms with Gasteiger partial charge in [-0.3, -0.25) is 9.69 Å². The van der Waals surface area contributed by atoms with Gasteiger partial charge in [0.05, 0.1) is 13.2 Å². The minimum atomic E-state index is -5.60. The molecule has 0 radical (unpaired) electrons. The highest BCUT2D eigenvalue weighted by Gasteiger charge is 2.79.